The first-order valence-corrected chi connectivity index (χ1v) is 10.7. The van der Waals surface area contributed by atoms with E-state index in [1.165, 1.54) is 0 Å². The van der Waals surface area contributed by atoms with Crippen LogP contribution < -0.4 is 20.3 Å². The molecule has 0 bridgehead atoms. The Balaban J connectivity index is 1.41. The van der Waals surface area contributed by atoms with Crippen molar-refractivity contribution >= 4 is 35.2 Å². The van der Waals surface area contributed by atoms with Crippen LogP contribution in [-0.4, -0.2) is 66.1 Å². The quantitative estimate of drug-likeness (QED) is 0.646. The highest BCUT2D eigenvalue weighted by Crippen LogP contribution is 2.28. The zero-order chi connectivity index (χ0) is 22.1. The van der Waals surface area contributed by atoms with Crippen molar-refractivity contribution in [2.45, 2.75) is 19.8 Å². The molecule has 2 aromatic rings. The number of hydrogen-bond acceptors (Lipinski definition) is 6. The first-order valence-electron chi connectivity index (χ1n) is 10.3. The Hall–Kier alpha value is -3.07. The van der Waals surface area contributed by atoms with Crippen LogP contribution in [0, 0.1) is 0 Å². The minimum absolute atomic E-state index is 0.00338. The summed E-state index contributed by atoms with van der Waals surface area (Å²) in [6.45, 7) is 5.34. The summed E-state index contributed by atoms with van der Waals surface area (Å²) in [4.78, 5) is 37.0. The lowest BCUT2D eigenvalue weighted by molar-refractivity contribution is -0.131. The Bertz CT molecular complexity index is 875. The zero-order valence-electron chi connectivity index (χ0n) is 17.5. The number of piperazine rings is 1. The van der Waals surface area contributed by atoms with E-state index in [2.05, 4.69) is 25.5 Å². The molecular formula is C21H27ClN6O3. The summed E-state index contributed by atoms with van der Waals surface area (Å²) in [5, 5.41) is 5.94. The number of nitrogens with zero attached hydrogens (tertiary/aromatic N) is 4. The molecule has 9 nitrogen and oxygen atoms in total. The maximum Gasteiger partial charge on any atom is 0.319 e. The van der Waals surface area contributed by atoms with Crippen LogP contribution in [0.5, 0.6) is 5.75 Å². The highest BCUT2D eigenvalue weighted by atomic mass is 35.5. The van der Waals surface area contributed by atoms with Gasteiger partial charge in [-0.25, -0.2) is 14.8 Å². The molecule has 2 heterocycles. The van der Waals surface area contributed by atoms with E-state index in [0.29, 0.717) is 55.2 Å². The molecule has 0 radical (unpaired) electrons. The zero-order valence-corrected chi connectivity index (χ0v) is 18.3. The highest BCUT2D eigenvalue weighted by Gasteiger charge is 2.22. The highest BCUT2D eigenvalue weighted by molar-refractivity contribution is 6.31. The Kier molecular flexibility index (Phi) is 8.28. The van der Waals surface area contributed by atoms with Gasteiger partial charge in [0.05, 0.1) is 12.3 Å². The Morgan fingerprint density at radius 1 is 1.16 bits per heavy atom. The van der Waals surface area contributed by atoms with Gasteiger partial charge in [-0.3, -0.25) is 4.79 Å². The normalized spacial score (nSPS) is 13.6. The van der Waals surface area contributed by atoms with Gasteiger partial charge >= 0.3 is 6.03 Å². The maximum absolute atomic E-state index is 12.5. The Labute approximate surface area is 186 Å². The number of hydrogen-bond donors (Lipinski definition) is 2. The average molecular weight is 447 g/mol. The molecule has 10 heteroatoms. The first kappa shape index (κ1) is 22.6. The van der Waals surface area contributed by atoms with Crippen LogP contribution in [0.3, 0.4) is 0 Å². The third-order valence-electron chi connectivity index (χ3n) is 4.74. The summed E-state index contributed by atoms with van der Waals surface area (Å²) in [6, 6.07) is 6.42. The van der Waals surface area contributed by atoms with Crippen molar-refractivity contribution in [2.24, 2.45) is 0 Å². The summed E-state index contributed by atoms with van der Waals surface area (Å²) in [7, 11) is 0. The largest absolute Gasteiger partial charge is 0.491 e. The molecule has 1 aliphatic rings. The SMILES string of the molecule is CCCOc1ccc(Cl)cc1NC(=O)NCCC(=O)N1CCN(c2ncccn2)CC1. The summed E-state index contributed by atoms with van der Waals surface area (Å²) in [5.41, 5.74) is 0.490. The Morgan fingerprint density at radius 3 is 2.61 bits per heavy atom. The van der Waals surface area contributed by atoms with E-state index in [1.807, 2.05) is 6.92 Å². The van der Waals surface area contributed by atoms with Crippen molar-refractivity contribution in [3.8, 4) is 5.75 Å². The van der Waals surface area contributed by atoms with Crippen molar-refractivity contribution in [2.75, 3.05) is 49.5 Å². The van der Waals surface area contributed by atoms with Crippen LogP contribution in [0.2, 0.25) is 5.02 Å². The summed E-state index contributed by atoms with van der Waals surface area (Å²) < 4.78 is 5.63. The van der Waals surface area contributed by atoms with Crippen molar-refractivity contribution in [3.05, 3.63) is 41.7 Å². The predicted molar refractivity (Wildman–Crippen MR) is 120 cm³/mol. The number of urea groups is 1. The molecule has 1 saturated heterocycles. The standard InChI is InChI=1S/C21H27ClN6O3/c1-2-14-31-18-5-4-16(22)15-17(18)26-21(30)25-9-6-19(29)27-10-12-28(13-11-27)20-23-7-3-8-24-20/h3-5,7-8,15H,2,6,9-14H2,1H3,(H2,25,26,30). The van der Waals surface area contributed by atoms with Crippen LogP contribution in [0.1, 0.15) is 19.8 Å². The van der Waals surface area contributed by atoms with Gasteiger partial charge in [0.25, 0.3) is 0 Å². The minimum atomic E-state index is -0.414. The van der Waals surface area contributed by atoms with Crippen molar-refractivity contribution in [1.82, 2.24) is 20.2 Å². The second-order valence-corrected chi connectivity index (χ2v) is 7.47. The van der Waals surface area contributed by atoms with Gasteiger partial charge in [-0.15, -0.1) is 0 Å². The van der Waals surface area contributed by atoms with Crippen LogP contribution in [0.15, 0.2) is 36.7 Å². The number of anilines is 2. The molecule has 0 spiro atoms. The number of amides is 3. The average Bonchev–Trinajstić information content (AvgIpc) is 2.79. The number of rotatable bonds is 8. The molecule has 0 aliphatic carbocycles. The number of carbonyl (C=O) groups is 2. The van der Waals surface area contributed by atoms with E-state index in [9.17, 15) is 9.59 Å². The second-order valence-electron chi connectivity index (χ2n) is 7.04. The Morgan fingerprint density at radius 2 is 1.90 bits per heavy atom. The molecule has 3 rings (SSSR count). The molecule has 0 atom stereocenters. The molecule has 166 valence electrons. The second kappa shape index (κ2) is 11.4. The van der Waals surface area contributed by atoms with Crippen molar-refractivity contribution in [1.29, 1.82) is 0 Å². The molecule has 1 aromatic carbocycles. The number of halogens is 1. The molecule has 1 aromatic heterocycles. The fraction of sp³-hybridized carbons (Fsp3) is 0.429. The number of ether oxygens (including phenoxy) is 1. The first-order chi connectivity index (χ1) is 15.1. The fourth-order valence-electron chi connectivity index (χ4n) is 3.16. The van der Waals surface area contributed by atoms with E-state index in [-0.39, 0.29) is 18.9 Å². The predicted octanol–water partition coefficient (Wildman–Crippen LogP) is 2.78. The van der Waals surface area contributed by atoms with Crippen LogP contribution in [0.25, 0.3) is 0 Å². The smallest absolute Gasteiger partial charge is 0.319 e. The lowest BCUT2D eigenvalue weighted by Crippen LogP contribution is -2.49. The third kappa shape index (κ3) is 6.71. The van der Waals surface area contributed by atoms with E-state index >= 15 is 0 Å². The van der Waals surface area contributed by atoms with Crippen LogP contribution in [0.4, 0.5) is 16.4 Å². The number of carbonyl (C=O) groups excluding carboxylic acids is 2. The van der Waals surface area contributed by atoms with Gasteiger partial charge in [0.2, 0.25) is 11.9 Å². The number of aromatic nitrogens is 2. The van der Waals surface area contributed by atoms with Gasteiger partial charge in [0.1, 0.15) is 5.75 Å². The van der Waals surface area contributed by atoms with E-state index in [4.69, 9.17) is 16.3 Å². The van der Waals surface area contributed by atoms with Gasteiger partial charge in [-0.05, 0) is 30.7 Å². The maximum atomic E-state index is 12.5. The van der Waals surface area contributed by atoms with Gasteiger partial charge in [-0.2, -0.15) is 0 Å². The lowest BCUT2D eigenvalue weighted by Gasteiger charge is -2.34. The summed E-state index contributed by atoms with van der Waals surface area (Å²) >= 11 is 6.03. The van der Waals surface area contributed by atoms with E-state index in [1.54, 1.807) is 41.6 Å². The molecule has 3 amide bonds. The van der Waals surface area contributed by atoms with Crippen molar-refractivity contribution < 1.29 is 14.3 Å². The summed E-state index contributed by atoms with van der Waals surface area (Å²) in [6.07, 6.45) is 4.49. The third-order valence-corrected chi connectivity index (χ3v) is 4.98. The number of nitrogens with one attached hydrogen (secondary N) is 2. The van der Waals surface area contributed by atoms with Crippen LogP contribution >= 0.6 is 11.6 Å². The van der Waals surface area contributed by atoms with Gasteiger partial charge in [-0.1, -0.05) is 18.5 Å². The molecule has 1 aliphatic heterocycles. The van der Waals surface area contributed by atoms with Gasteiger partial charge in [0.15, 0.2) is 0 Å². The van der Waals surface area contributed by atoms with Gasteiger partial charge in [0, 0.05) is 56.6 Å². The molecule has 0 unspecified atom stereocenters. The molecule has 0 saturated carbocycles. The topological polar surface area (TPSA) is 99.7 Å². The summed E-state index contributed by atoms with van der Waals surface area (Å²) in [5.74, 6) is 1.23. The lowest BCUT2D eigenvalue weighted by atomic mass is 10.2. The van der Waals surface area contributed by atoms with Gasteiger partial charge < -0.3 is 25.2 Å². The monoisotopic (exact) mass is 446 g/mol. The van der Waals surface area contributed by atoms with Crippen molar-refractivity contribution in [3.63, 3.8) is 0 Å². The van der Waals surface area contributed by atoms with E-state index in [0.717, 1.165) is 6.42 Å². The molecule has 1 fully saturated rings. The van der Waals surface area contributed by atoms with E-state index < -0.39 is 6.03 Å². The molecular weight excluding hydrogens is 420 g/mol. The molecule has 31 heavy (non-hydrogen) atoms. The van der Waals surface area contributed by atoms with Crippen LogP contribution in [-0.2, 0) is 4.79 Å². The fourth-order valence-corrected chi connectivity index (χ4v) is 3.33. The molecule has 2 N–H and O–H groups in total. The minimum Gasteiger partial charge on any atom is -0.491 e. The number of benzene rings is 1.